The van der Waals surface area contributed by atoms with Crippen LogP contribution < -0.4 is 5.76 Å². The fourth-order valence-electron chi connectivity index (χ4n) is 1.93. The molecule has 0 saturated carbocycles. The van der Waals surface area contributed by atoms with Crippen molar-refractivity contribution in [3.05, 3.63) is 52.2 Å². The van der Waals surface area contributed by atoms with Gasteiger partial charge in [0.25, 0.3) is 5.76 Å². The molecule has 0 aliphatic carbocycles. The molecule has 0 radical (unpaired) electrons. The van der Waals surface area contributed by atoms with E-state index in [0.29, 0.717) is 0 Å². The number of hydrogen-bond donors (Lipinski definition) is 1. The van der Waals surface area contributed by atoms with E-state index in [4.69, 9.17) is 9.15 Å². The van der Waals surface area contributed by atoms with Crippen molar-refractivity contribution in [3.8, 4) is 5.88 Å². The highest BCUT2D eigenvalue weighted by atomic mass is 16.6. The van der Waals surface area contributed by atoms with Gasteiger partial charge in [0.1, 0.15) is 0 Å². The van der Waals surface area contributed by atoms with E-state index in [2.05, 4.69) is 0 Å². The highest BCUT2D eigenvalue weighted by molar-refractivity contribution is 5.88. The van der Waals surface area contributed by atoms with Gasteiger partial charge in [0, 0.05) is 0 Å². The number of oxazole rings is 1. The quantitative estimate of drug-likeness (QED) is 0.863. The number of rotatable bonds is 4. The molecule has 0 aliphatic heterocycles. The van der Waals surface area contributed by atoms with Crippen LogP contribution in [0, 0.1) is 0 Å². The van der Waals surface area contributed by atoms with Gasteiger partial charge in [0.15, 0.2) is 0 Å². The third-order valence-electron chi connectivity index (χ3n) is 2.95. The predicted molar refractivity (Wildman–Crippen MR) is 70.8 cm³/mol. The van der Waals surface area contributed by atoms with Gasteiger partial charge in [-0.05, 0) is 19.4 Å². The lowest BCUT2D eigenvalue weighted by Crippen LogP contribution is -2.18. The summed E-state index contributed by atoms with van der Waals surface area (Å²) in [6.45, 7) is 3.47. The second kappa shape index (κ2) is 5.64. The van der Waals surface area contributed by atoms with Crippen LogP contribution in [0.5, 0.6) is 5.88 Å². The first-order valence-electron chi connectivity index (χ1n) is 6.22. The molecule has 1 unspecified atom stereocenters. The highest BCUT2D eigenvalue weighted by Crippen LogP contribution is 2.25. The normalized spacial score (nSPS) is 12.1. The number of ether oxygens (including phenoxy) is 1. The number of hydrogen-bond acceptors (Lipinski definition) is 5. The summed E-state index contributed by atoms with van der Waals surface area (Å²) in [7, 11) is 0. The first-order chi connectivity index (χ1) is 9.56. The average molecular weight is 277 g/mol. The molecular weight excluding hydrogens is 262 g/mol. The maximum absolute atomic E-state index is 11.8. The Bertz CT molecular complexity index is 656. The second-order valence-corrected chi connectivity index (χ2v) is 4.20. The third kappa shape index (κ3) is 2.45. The van der Waals surface area contributed by atoms with Gasteiger partial charge in [0.2, 0.25) is 5.88 Å². The van der Waals surface area contributed by atoms with E-state index in [1.165, 1.54) is 0 Å². The smallest absolute Gasteiger partial charge is 0.423 e. The highest BCUT2D eigenvalue weighted by Gasteiger charge is 2.26. The fourth-order valence-corrected chi connectivity index (χ4v) is 1.93. The van der Waals surface area contributed by atoms with Gasteiger partial charge in [-0.2, -0.15) is 0 Å². The largest absolute Gasteiger partial charge is 0.491 e. The van der Waals surface area contributed by atoms with Crippen LogP contribution in [-0.2, 0) is 4.74 Å². The van der Waals surface area contributed by atoms with Crippen LogP contribution in [0.1, 0.15) is 36.0 Å². The summed E-state index contributed by atoms with van der Waals surface area (Å²) in [4.78, 5) is 23.4. The van der Waals surface area contributed by atoms with Gasteiger partial charge in [-0.25, -0.2) is 14.2 Å². The molecule has 0 aliphatic rings. The summed E-state index contributed by atoms with van der Waals surface area (Å²) in [5.41, 5.74) is 0.807. The van der Waals surface area contributed by atoms with E-state index in [0.717, 1.165) is 10.1 Å². The van der Waals surface area contributed by atoms with Crippen LogP contribution in [0.2, 0.25) is 0 Å². The zero-order valence-corrected chi connectivity index (χ0v) is 11.2. The molecule has 0 fully saturated rings. The monoisotopic (exact) mass is 277 g/mol. The van der Waals surface area contributed by atoms with Crippen LogP contribution in [0.15, 0.2) is 39.5 Å². The van der Waals surface area contributed by atoms with E-state index in [1.807, 2.05) is 30.3 Å². The van der Waals surface area contributed by atoms with Crippen molar-refractivity contribution in [3.63, 3.8) is 0 Å². The van der Waals surface area contributed by atoms with Crippen molar-refractivity contribution in [1.29, 1.82) is 0 Å². The van der Waals surface area contributed by atoms with Crippen molar-refractivity contribution in [2.24, 2.45) is 0 Å². The number of benzene rings is 1. The Labute approximate surface area is 115 Å². The molecule has 1 aromatic heterocycles. The Kier molecular flexibility index (Phi) is 3.93. The average Bonchev–Trinajstić information content (AvgIpc) is 2.75. The molecule has 0 amide bonds. The van der Waals surface area contributed by atoms with Gasteiger partial charge in [-0.1, -0.05) is 30.3 Å². The van der Waals surface area contributed by atoms with Gasteiger partial charge in [-0.15, -0.1) is 0 Å². The maximum Gasteiger partial charge on any atom is 0.423 e. The van der Waals surface area contributed by atoms with Crippen LogP contribution in [0.3, 0.4) is 0 Å². The van der Waals surface area contributed by atoms with Gasteiger partial charge >= 0.3 is 11.7 Å². The molecule has 1 aromatic carbocycles. The summed E-state index contributed by atoms with van der Waals surface area (Å²) in [5, 5.41) is 10.0. The van der Waals surface area contributed by atoms with Crippen molar-refractivity contribution in [2.75, 3.05) is 6.61 Å². The van der Waals surface area contributed by atoms with E-state index in [-0.39, 0.29) is 6.61 Å². The number of nitrogens with zero attached hydrogens (tertiary/aromatic N) is 1. The van der Waals surface area contributed by atoms with E-state index < -0.39 is 29.4 Å². The molecule has 1 heterocycles. The lowest BCUT2D eigenvalue weighted by molar-refractivity contribution is 0.0483. The molecule has 0 spiro atoms. The summed E-state index contributed by atoms with van der Waals surface area (Å²) in [6, 6.07) is 8.65. The third-order valence-corrected chi connectivity index (χ3v) is 2.95. The Balaban J connectivity index is 2.43. The number of carbonyl (C=O) groups excluding carboxylic acids is 1. The molecule has 1 N–H and O–H groups in total. The first-order valence-corrected chi connectivity index (χ1v) is 6.22. The molecular formula is C14H15NO5. The molecule has 1 atom stereocenters. The maximum atomic E-state index is 11.8. The van der Waals surface area contributed by atoms with Gasteiger partial charge in [-0.3, -0.25) is 0 Å². The zero-order chi connectivity index (χ0) is 14.7. The SMILES string of the molecule is CCOC(=O)c1oc(=O)n(C(C)c2ccccc2)c1O. The van der Waals surface area contributed by atoms with Crippen molar-refractivity contribution >= 4 is 5.97 Å². The molecule has 6 nitrogen and oxygen atoms in total. The fraction of sp³-hybridized carbons (Fsp3) is 0.286. The number of carbonyl (C=O) groups is 1. The summed E-state index contributed by atoms with van der Waals surface area (Å²) >= 11 is 0. The molecule has 2 rings (SSSR count). The Hall–Kier alpha value is -2.50. The molecule has 6 heteroatoms. The van der Waals surface area contributed by atoms with E-state index >= 15 is 0 Å². The molecule has 0 bridgehead atoms. The van der Waals surface area contributed by atoms with Gasteiger partial charge < -0.3 is 14.3 Å². The van der Waals surface area contributed by atoms with Crippen molar-refractivity contribution in [2.45, 2.75) is 19.9 Å². The minimum absolute atomic E-state index is 0.126. The van der Waals surface area contributed by atoms with Crippen LogP contribution in [-0.4, -0.2) is 22.2 Å². The summed E-state index contributed by atoms with van der Waals surface area (Å²) < 4.78 is 10.5. The molecule has 2 aromatic rings. The second-order valence-electron chi connectivity index (χ2n) is 4.20. The van der Waals surface area contributed by atoms with Crippen molar-refractivity contribution < 1.29 is 19.1 Å². The predicted octanol–water partition coefficient (Wildman–Crippen LogP) is 1.93. The first kappa shape index (κ1) is 13.9. The Morgan fingerprint density at radius 3 is 2.65 bits per heavy atom. The molecule has 20 heavy (non-hydrogen) atoms. The van der Waals surface area contributed by atoms with Crippen molar-refractivity contribution in [1.82, 2.24) is 4.57 Å². The number of esters is 1. The van der Waals surface area contributed by atoms with Crippen LogP contribution in [0.4, 0.5) is 0 Å². The summed E-state index contributed by atoms with van der Waals surface area (Å²) in [5.74, 6) is -2.66. The van der Waals surface area contributed by atoms with E-state index in [9.17, 15) is 14.7 Å². The minimum Gasteiger partial charge on any atom is -0.491 e. The lowest BCUT2D eigenvalue weighted by atomic mass is 10.1. The summed E-state index contributed by atoms with van der Waals surface area (Å²) in [6.07, 6.45) is 0. The van der Waals surface area contributed by atoms with E-state index in [1.54, 1.807) is 13.8 Å². The Morgan fingerprint density at radius 2 is 2.05 bits per heavy atom. The topological polar surface area (TPSA) is 81.7 Å². The standard InChI is InChI=1S/C14H15NO5/c1-3-19-13(17)11-12(16)15(14(18)20-11)9(2)10-7-5-4-6-8-10/h4-9,16H,3H2,1-2H3. The molecule has 106 valence electrons. The molecule has 0 saturated heterocycles. The minimum atomic E-state index is -0.860. The number of aromatic nitrogens is 1. The lowest BCUT2D eigenvalue weighted by Gasteiger charge is -2.12. The number of aromatic hydroxyl groups is 1. The van der Waals surface area contributed by atoms with Crippen LogP contribution >= 0.6 is 0 Å². The Morgan fingerprint density at radius 1 is 1.40 bits per heavy atom. The zero-order valence-electron chi connectivity index (χ0n) is 11.2. The van der Waals surface area contributed by atoms with Crippen LogP contribution in [0.25, 0.3) is 0 Å². The van der Waals surface area contributed by atoms with Gasteiger partial charge in [0.05, 0.1) is 12.6 Å².